The number of nitrogens with zero attached hydrogens (tertiary/aromatic N) is 3. The average Bonchev–Trinajstić information content (AvgIpc) is 3.57. The second kappa shape index (κ2) is 10.4. The number of fused-ring (bicyclic) bond motifs is 4. The van der Waals surface area contributed by atoms with E-state index in [0.717, 1.165) is 5.56 Å². The van der Waals surface area contributed by atoms with Crippen LogP contribution in [0.2, 0.25) is 0 Å². The summed E-state index contributed by atoms with van der Waals surface area (Å²) in [6.45, 7) is 0.656. The van der Waals surface area contributed by atoms with Gasteiger partial charge in [0, 0.05) is 28.9 Å². The van der Waals surface area contributed by atoms with Crippen molar-refractivity contribution in [3.63, 3.8) is 0 Å². The van der Waals surface area contributed by atoms with Crippen molar-refractivity contribution in [1.82, 2.24) is 10.2 Å². The Labute approximate surface area is 221 Å². The highest BCUT2D eigenvalue weighted by Gasteiger charge is 2.41. The Morgan fingerprint density at radius 2 is 2.08 bits per heavy atom. The number of amidine groups is 2. The molecule has 0 fully saturated rings. The molecule has 0 saturated carbocycles. The molecule has 3 aromatic rings. The van der Waals surface area contributed by atoms with Crippen molar-refractivity contribution in [2.75, 3.05) is 6.79 Å². The molecule has 9 nitrogen and oxygen atoms in total. The quantitative estimate of drug-likeness (QED) is 0.483. The molecule has 0 bridgehead atoms. The lowest BCUT2D eigenvalue weighted by Crippen LogP contribution is -2.44. The fourth-order valence-electron chi connectivity index (χ4n) is 4.64. The first-order valence-electron chi connectivity index (χ1n) is 12.1. The minimum Gasteiger partial charge on any atom is -0.467 e. The van der Waals surface area contributed by atoms with Crippen LogP contribution in [0.1, 0.15) is 35.3 Å². The molecule has 2 aromatic carbocycles. The molecule has 0 saturated heterocycles. The second-order valence-corrected chi connectivity index (χ2v) is 9.86. The molecule has 11 heteroatoms. The number of amides is 2. The smallest absolute Gasteiger partial charge is 0.270 e. The van der Waals surface area contributed by atoms with E-state index >= 15 is 0 Å². The zero-order valence-corrected chi connectivity index (χ0v) is 21.0. The number of aliphatic imine (C=N–C) groups is 2. The predicted octanol–water partition coefficient (Wildman–Crippen LogP) is 4.27. The van der Waals surface area contributed by atoms with E-state index < -0.39 is 6.04 Å². The Morgan fingerprint density at radius 3 is 2.95 bits per heavy atom. The monoisotopic (exact) mass is 534 g/mol. The number of carbonyl (C=O) groups excluding carboxylic acids is 2. The van der Waals surface area contributed by atoms with Gasteiger partial charge in [-0.3, -0.25) is 14.5 Å². The van der Waals surface area contributed by atoms with E-state index in [1.807, 2.05) is 24.3 Å². The normalized spacial score (nSPS) is 17.7. The number of hydrogen-bond acceptors (Lipinski definition) is 8. The van der Waals surface area contributed by atoms with Gasteiger partial charge in [-0.2, -0.15) is 4.99 Å². The Balaban J connectivity index is 1.22. The van der Waals surface area contributed by atoms with E-state index in [2.05, 4.69) is 10.3 Å². The van der Waals surface area contributed by atoms with Crippen molar-refractivity contribution in [2.45, 2.75) is 37.8 Å². The van der Waals surface area contributed by atoms with E-state index in [0.29, 0.717) is 45.1 Å². The molecule has 2 amide bonds. The highest BCUT2D eigenvalue weighted by molar-refractivity contribution is 8.13. The van der Waals surface area contributed by atoms with Gasteiger partial charge in [-0.15, -0.1) is 0 Å². The molecule has 0 spiro atoms. The maximum absolute atomic E-state index is 14.3. The Morgan fingerprint density at radius 1 is 1.18 bits per heavy atom. The van der Waals surface area contributed by atoms with Gasteiger partial charge >= 0.3 is 0 Å². The van der Waals surface area contributed by atoms with Crippen molar-refractivity contribution >= 4 is 40.3 Å². The summed E-state index contributed by atoms with van der Waals surface area (Å²) in [6, 6.07) is 13.2. The predicted molar refractivity (Wildman–Crippen MR) is 138 cm³/mol. The highest BCUT2D eigenvalue weighted by atomic mass is 32.2. The van der Waals surface area contributed by atoms with Crippen LogP contribution >= 0.6 is 11.8 Å². The highest BCUT2D eigenvalue weighted by Crippen LogP contribution is 2.38. The van der Waals surface area contributed by atoms with Gasteiger partial charge in [0.25, 0.3) is 5.91 Å². The molecule has 1 unspecified atom stereocenters. The average molecular weight is 535 g/mol. The third-order valence-electron chi connectivity index (χ3n) is 6.40. The zero-order valence-electron chi connectivity index (χ0n) is 20.2. The number of para-hydroxylation sites is 1. The van der Waals surface area contributed by atoms with E-state index in [-0.39, 0.29) is 50.4 Å². The molecule has 38 heavy (non-hydrogen) atoms. The van der Waals surface area contributed by atoms with Gasteiger partial charge in [-0.05, 0) is 42.8 Å². The first-order chi connectivity index (χ1) is 18.6. The Bertz CT molecular complexity index is 1460. The Kier molecular flexibility index (Phi) is 6.69. The van der Waals surface area contributed by atoms with Crippen molar-refractivity contribution in [1.29, 1.82) is 0 Å². The van der Waals surface area contributed by atoms with Gasteiger partial charge < -0.3 is 19.2 Å². The molecular weight excluding hydrogens is 511 g/mol. The molecule has 3 aliphatic rings. The molecule has 1 aromatic heterocycles. The first kappa shape index (κ1) is 24.4. The molecule has 6 rings (SSSR count). The second-order valence-electron chi connectivity index (χ2n) is 8.92. The van der Waals surface area contributed by atoms with E-state index in [4.69, 9.17) is 18.9 Å². The number of benzene rings is 2. The summed E-state index contributed by atoms with van der Waals surface area (Å²) in [5.41, 5.74) is 2.77. The number of halogens is 1. The maximum atomic E-state index is 14.3. The van der Waals surface area contributed by atoms with Crippen LogP contribution in [0.4, 0.5) is 10.1 Å². The topological polar surface area (TPSA) is 106 Å². The lowest BCUT2D eigenvalue weighted by Gasteiger charge is -2.31. The molecule has 1 N–H and O–H groups in total. The van der Waals surface area contributed by atoms with Crippen LogP contribution in [0.3, 0.4) is 0 Å². The number of hydrogen-bond donors (Lipinski definition) is 1. The minimum atomic E-state index is -0.676. The van der Waals surface area contributed by atoms with Crippen LogP contribution in [-0.2, 0) is 33.2 Å². The first-order valence-corrected chi connectivity index (χ1v) is 13.1. The summed E-state index contributed by atoms with van der Waals surface area (Å²) in [5, 5.41) is 3.36. The van der Waals surface area contributed by atoms with Crippen LogP contribution in [-0.4, -0.2) is 40.6 Å². The number of furan rings is 1. The Hall–Kier alpha value is -3.96. The van der Waals surface area contributed by atoms with Crippen LogP contribution in [0.15, 0.2) is 69.2 Å². The maximum Gasteiger partial charge on any atom is 0.270 e. The lowest BCUT2D eigenvalue weighted by molar-refractivity contribution is -0.122. The molecular formula is C27H23FN4O5S. The van der Waals surface area contributed by atoms with E-state index in [9.17, 15) is 14.0 Å². The zero-order chi connectivity index (χ0) is 26.1. The molecule has 0 aliphatic carbocycles. The molecule has 3 aliphatic heterocycles. The van der Waals surface area contributed by atoms with Gasteiger partial charge in [0.2, 0.25) is 5.91 Å². The summed E-state index contributed by atoms with van der Waals surface area (Å²) in [4.78, 5) is 36.5. The largest absolute Gasteiger partial charge is 0.467 e. The van der Waals surface area contributed by atoms with E-state index in [1.54, 1.807) is 23.3 Å². The minimum absolute atomic E-state index is 0.103. The summed E-state index contributed by atoms with van der Waals surface area (Å²) < 4.78 is 30.5. The summed E-state index contributed by atoms with van der Waals surface area (Å²) in [7, 11) is 0. The molecule has 4 heterocycles. The van der Waals surface area contributed by atoms with Crippen LogP contribution in [0.25, 0.3) is 0 Å². The molecule has 194 valence electrons. The van der Waals surface area contributed by atoms with Crippen molar-refractivity contribution in [3.8, 4) is 5.75 Å². The standard InChI is InChI=1S/C27H23FN4O5S/c28-18-10-16-13-35-15-37-24(16)17(11-18)14-38-27-30-21-6-2-1-5-20(21)25-31-26(34)22(32(25)27)7-8-23(33)29-12-19-4-3-9-36-19/h1-6,9-11,22H,7-8,12-15H2,(H,29,33). The number of carbonyl (C=O) groups is 2. The summed E-state index contributed by atoms with van der Waals surface area (Å²) >= 11 is 1.36. The van der Waals surface area contributed by atoms with Gasteiger partial charge in [0.05, 0.1) is 25.1 Å². The van der Waals surface area contributed by atoms with Crippen LogP contribution in [0, 0.1) is 5.82 Å². The third-order valence-corrected chi connectivity index (χ3v) is 7.40. The lowest BCUT2D eigenvalue weighted by atomic mass is 10.1. The van der Waals surface area contributed by atoms with Gasteiger partial charge in [-0.1, -0.05) is 23.9 Å². The summed E-state index contributed by atoms with van der Waals surface area (Å²) in [6.07, 6.45) is 1.93. The van der Waals surface area contributed by atoms with Gasteiger partial charge in [0.1, 0.15) is 29.2 Å². The van der Waals surface area contributed by atoms with Gasteiger partial charge in [0.15, 0.2) is 12.0 Å². The number of thioether (sulfide) groups is 1. The molecule has 1 atom stereocenters. The fraction of sp³-hybridized carbons (Fsp3) is 0.259. The fourth-order valence-corrected chi connectivity index (χ4v) is 5.65. The third kappa shape index (κ3) is 4.82. The molecule has 0 radical (unpaired) electrons. The number of rotatable bonds is 7. The number of ether oxygens (including phenoxy) is 2. The van der Waals surface area contributed by atoms with Crippen LogP contribution < -0.4 is 10.1 Å². The van der Waals surface area contributed by atoms with Gasteiger partial charge in [-0.25, -0.2) is 9.38 Å². The van der Waals surface area contributed by atoms with Crippen molar-refractivity contribution < 1.29 is 27.9 Å². The van der Waals surface area contributed by atoms with Crippen molar-refractivity contribution in [2.24, 2.45) is 9.98 Å². The number of nitrogens with one attached hydrogen (secondary N) is 1. The summed E-state index contributed by atoms with van der Waals surface area (Å²) in [5.74, 6) is 1.23. The van der Waals surface area contributed by atoms with E-state index in [1.165, 1.54) is 23.9 Å². The van der Waals surface area contributed by atoms with Crippen molar-refractivity contribution in [3.05, 3.63) is 83.1 Å². The van der Waals surface area contributed by atoms with Crippen LogP contribution in [0.5, 0.6) is 5.75 Å². The SMILES string of the molecule is O=C(CCC1C(=O)N=C2c3ccccc3N=C(SCc3cc(F)cc4c3OCOC4)N21)NCc1ccco1.